The number of aliphatic carboxylic acids is 1. The van der Waals surface area contributed by atoms with E-state index >= 15 is 0 Å². The first-order chi connectivity index (χ1) is 8.47. The lowest BCUT2D eigenvalue weighted by atomic mass is 10.2. The molecule has 0 atom stereocenters. The molecule has 100 valence electrons. The van der Waals surface area contributed by atoms with E-state index < -0.39 is 5.97 Å². The molecule has 0 fully saturated rings. The highest BCUT2D eigenvalue weighted by molar-refractivity contribution is 5.74. The summed E-state index contributed by atoms with van der Waals surface area (Å²) >= 11 is 0. The van der Waals surface area contributed by atoms with E-state index in [2.05, 4.69) is 9.97 Å². The smallest absolute Gasteiger partial charge is 0.323 e. The molecular weight excluding hydrogens is 234 g/mol. The summed E-state index contributed by atoms with van der Waals surface area (Å²) in [5, 5.41) is 8.94. The van der Waals surface area contributed by atoms with Crippen molar-refractivity contribution < 1.29 is 14.6 Å². The van der Waals surface area contributed by atoms with Crippen molar-refractivity contribution in [3.8, 4) is 5.88 Å². The third-order valence-corrected chi connectivity index (χ3v) is 2.49. The average Bonchev–Trinajstić information content (AvgIpc) is 2.29. The molecule has 18 heavy (non-hydrogen) atoms. The summed E-state index contributed by atoms with van der Waals surface area (Å²) in [6, 6.07) is 0.0316. The normalized spacial score (nSPS) is 10.5. The number of ether oxygens (including phenoxy) is 1. The van der Waals surface area contributed by atoms with Gasteiger partial charge in [0.2, 0.25) is 5.88 Å². The molecule has 6 nitrogen and oxygen atoms in total. The number of nitrogens with zero attached hydrogens (tertiary/aromatic N) is 3. The second-order valence-electron chi connectivity index (χ2n) is 4.18. The average molecular weight is 253 g/mol. The van der Waals surface area contributed by atoms with E-state index in [1.165, 1.54) is 6.33 Å². The number of carbonyl (C=O) groups is 1. The first-order valence-corrected chi connectivity index (χ1v) is 5.90. The number of anilines is 1. The number of carboxylic acids is 1. The minimum atomic E-state index is -0.889. The molecule has 0 unspecified atom stereocenters. The molecule has 0 radical (unpaired) electrons. The summed E-state index contributed by atoms with van der Waals surface area (Å²) in [4.78, 5) is 20.8. The molecule has 0 aliphatic rings. The molecule has 1 aromatic heterocycles. The number of rotatable bonds is 6. The molecule has 1 rings (SSSR count). The highest BCUT2D eigenvalue weighted by Gasteiger charge is 2.19. The summed E-state index contributed by atoms with van der Waals surface area (Å²) in [6.07, 6.45) is 1.39. The van der Waals surface area contributed by atoms with Crippen LogP contribution in [0.4, 0.5) is 5.82 Å². The Labute approximate surface area is 107 Å². The zero-order valence-corrected chi connectivity index (χ0v) is 11.2. The van der Waals surface area contributed by atoms with Crippen molar-refractivity contribution in [2.45, 2.75) is 33.7 Å². The number of carboxylic acid groups (broad SMARTS) is 1. The summed E-state index contributed by atoms with van der Waals surface area (Å²) in [5.74, 6) is 0.212. The Morgan fingerprint density at radius 3 is 2.67 bits per heavy atom. The molecule has 0 amide bonds. The summed E-state index contributed by atoms with van der Waals surface area (Å²) in [6.45, 7) is 7.96. The predicted octanol–water partition coefficient (Wildman–Crippen LogP) is 1.48. The third kappa shape index (κ3) is 3.32. The van der Waals surface area contributed by atoms with E-state index in [0.29, 0.717) is 18.3 Å². The van der Waals surface area contributed by atoms with Crippen molar-refractivity contribution in [2.75, 3.05) is 18.1 Å². The first kappa shape index (κ1) is 14.2. The monoisotopic (exact) mass is 253 g/mol. The van der Waals surface area contributed by atoms with Gasteiger partial charge in [-0.3, -0.25) is 4.79 Å². The molecule has 1 N–H and O–H groups in total. The van der Waals surface area contributed by atoms with Crippen molar-refractivity contribution >= 4 is 11.8 Å². The maximum absolute atomic E-state index is 10.9. The van der Waals surface area contributed by atoms with Crippen LogP contribution in [0.5, 0.6) is 5.88 Å². The van der Waals surface area contributed by atoms with Crippen LogP contribution >= 0.6 is 0 Å². The summed E-state index contributed by atoms with van der Waals surface area (Å²) in [5.41, 5.74) is 0.759. The Kier molecular flexibility index (Phi) is 4.88. The van der Waals surface area contributed by atoms with Gasteiger partial charge in [0, 0.05) is 6.04 Å². The fourth-order valence-corrected chi connectivity index (χ4v) is 1.64. The van der Waals surface area contributed by atoms with Crippen LogP contribution in [0.2, 0.25) is 0 Å². The highest BCUT2D eigenvalue weighted by atomic mass is 16.5. The Balaban J connectivity index is 3.11. The lowest BCUT2D eigenvalue weighted by Gasteiger charge is -2.27. The Hall–Kier alpha value is -1.85. The van der Waals surface area contributed by atoms with Gasteiger partial charge in [0.25, 0.3) is 0 Å². The van der Waals surface area contributed by atoms with E-state index in [0.717, 1.165) is 5.56 Å². The fourth-order valence-electron chi connectivity index (χ4n) is 1.64. The van der Waals surface area contributed by atoms with Crippen LogP contribution < -0.4 is 9.64 Å². The van der Waals surface area contributed by atoms with Gasteiger partial charge in [-0.2, -0.15) is 0 Å². The van der Waals surface area contributed by atoms with Crippen LogP contribution in [0.25, 0.3) is 0 Å². The molecule has 0 aliphatic heterocycles. The summed E-state index contributed by atoms with van der Waals surface area (Å²) < 4.78 is 5.39. The van der Waals surface area contributed by atoms with Gasteiger partial charge < -0.3 is 14.7 Å². The molecule has 0 aromatic carbocycles. The molecule has 1 heterocycles. The number of hydrogen-bond acceptors (Lipinski definition) is 5. The zero-order chi connectivity index (χ0) is 13.7. The van der Waals surface area contributed by atoms with Crippen LogP contribution in [-0.4, -0.2) is 40.2 Å². The fraction of sp³-hybridized carbons (Fsp3) is 0.583. The van der Waals surface area contributed by atoms with E-state index in [1.807, 2.05) is 27.7 Å². The topological polar surface area (TPSA) is 75.6 Å². The Morgan fingerprint density at radius 2 is 2.17 bits per heavy atom. The van der Waals surface area contributed by atoms with Crippen molar-refractivity contribution in [3.05, 3.63) is 11.9 Å². The lowest BCUT2D eigenvalue weighted by Crippen LogP contribution is -2.36. The van der Waals surface area contributed by atoms with E-state index in [9.17, 15) is 4.79 Å². The van der Waals surface area contributed by atoms with Crippen LogP contribution in [0.15, 0.2) is 6.33 Å². The number of hydrogen-bond donors (Lipinski definition) is 1. The lowest BCUT2D eigenvalue weighted by molar-refractivity contribution is -0.135. The standard InChI is InChI=1S/C12H19N3O3/c1-5-18-12-9(4)11(13-7-14-12)15(8(2)3)6-10(16)17/h7-8H,5-6H2,1-4H3,(H,16,17). The zero-order valence-electron chi connectivity index (χ0n) is 11.2. The van der Waals surface area contributed by atoms with Crippen LogP contribution in [0.3, 0.4) is 0 Å². The van der Waals surface area contributed by atoms with Crippen molar-refractivity contribution in [2.24, 2.45) is 0 Å². The van der Waals surface area contributed by atoms with Crippen LogP contribution in [0, 0.1) is 6.92 Å². The van der Waals surface area contributed by atoms with Gasteiger partial charge in [-0.15, -0.1) is 0 Å². The van der Waals surface area contributed by atoms with Gasteiger partial charge in [0.05, 0.1) is 12.2 Å². The van der Waals surface area contributed by atoms with E-state index in [4.69, 9.17) is 9.84 Å². The number of aromatic nitrogens is 2. The largest absolute Gasteiger partial charge is 0.480 e. The van der Waals surface area contributed by atoms with Gasteiger partial charge in [-0.05, 0) is 27.7 Å². The predicted molar refractivity (Wildman–Crippen MR) is 68.1 cm³/mol. The molecule has 6 heteroatoms. The minimum absolute atomic E-state index is 0.0316. The van der Waals surface area contributed by atoms with Gasteiger partial charge in [-0.25, -0.2) is 9.97 Å². The van der Waals surface area contributed by atoms with Crippen molar-refractivity contribution in [1.29, 1.82) is 0 Å². The molecule has 0 spiro atoms. The molecule has 1 aromatic rings. The molecule has 0 aliphatic carbocycles. The van der Waals surface area contributed by atoms with Crippen molar-refractivity contribution in [1.82, 2.24) is 9.97 Å². The maximum atomic E-state index is 10.9. The molecule has 0 saturated heterocycles. The van der Waals surface area contributed by atoms with Crippen molar-refractivity contribution in [3.63, 3.8) is 0 Å². The second kappa shape index (κ2) is 6.18. The van der Waals surface area contributed by atoms with Gasteiger partial charge in [0.1, 0.15) is 18.7 Å². The first-order valence-electron chi connectivity index (χ1n) is 5.90. The highest BCUT2D eigenvalue weighted by Crippen LogP contribution is 2.25. The van der Waals surface area contributed by atoms with Gasteiger partial charge >= 0.3 is 5.97 Å². The molecular formula is C12H19N3O3. The quantitative estimate of drug-likeness (QED) is 0.827. The van der Waals surface area contributed by atoms with Gasteiger partial charge in [0.15, 0.2) is 0 Å². The van der Waals surface area contributed by atoms with Crippen LogP contribution in [0.1, 0.15) is 26.3 Å². The third-order valence-electron chi connectivity index (χ3n) is 2.49. The molecule has 0 saturated carbocycles. The SMILES string of the molecule is CCOc1ncnc(N(CC(=O)O)C(C)C)c1C. The van der Waals surface area contributed by atoms with Crippen LogP contribution in [-0.2, 0) is 4.79 Å². The molecule has 0 bridgehead atoms. The second-order valence-corrected chi connectivity index (χ2v) is 4.18. The van der Waals surface area contributed by atoms with E-state index in [-0.39, 0.29) is 12.6 Å². The Bertz CT molecular complexity index is 421. The Morgan fingerprint density at radius 1 is 1.50 bits per heavy atom. The minimum Gasteiger partial charge on any atom is -0.480 e. The van der Waals surface area contributed by atoms with Gasteiger partial charge in [-0.1, -0.05) is 0 Å². The maximum Gasteiger partial charge on any atom is 0.323 e. The van der Waals surface area contributed by atoms with E-state index in [1.54, 1.807) is 4.90 Å². The summed E-state index contributed by atoms with van der Waals surface area (Å²) in [7, 11) is 0.